The summed E-state index contributed by atoms with van der Waals surface area (Å²) in [7, 11) is 0. The Kier molecular flexibility index (Phi) is 5.45. The number of aryl methyl sites for hydroxylation is 1. The summed E-state index contributed by atoms with van der Waals surface area (Å²) in [5.41, 5.74) is 2.93. The lowest BCUT2D eigenvalue weighted by atomic mass is 10.0. The predicted octanol–water partition coefficient (Wildman–Crippen LogP) is 4.08. The van der Waals surface area contributed by atoms with Crippen LogP contribution in [-0.4, -0.2) is 0 Å². The van der Waals surface area contributed by atoms with Crippen molar-refractivity contribution in [3.05, 3.63) is 35.4 Å². The van der Waals surface area contributed by atoms with Crippen molar-refractivity contribution >= 4 is 0 Å². The van der Waals surface area contributed by atoms with Gasteiger partial charge in [0, 0.05) is 0 Å². The molecule has 0 saturated heterocycles. The molecule has 1 aromatic rings. The fraction of sp³-hybridized carbons (Fsp3) is 0.538. The second-order valence-electron chi connectivity index (χ2n) is 3.77. The molecule has 0 N–H and O–H groups in total. The van der Waals surface area contributed by atoms with E-state index in [9.17, 15) is 0 Å². The molecule has 0 bridgehead atoms. The predicted molar refractivity (Wildman–Crippen MR) is 61.1 cm³/mol. The molecule has 0 aliphatic heterocycles. The largest absolute Gasteiger partial charge is 0.0776 e. The van der Waals surface area contributed by atoms with Gasteiger partial charge in [-0.3, -0.25) is 0 Å². The normalized spacial score (nSPS) is 9.85. The Bertz CT molecular complexity index is 236. The van der Waals surface area contributed by atoms with Crippen molar-refractivity contribution in [3.8, 4) is 0 Å². The van der Waals surface area contributed by atoms with Gasteiger partial charge in [-0.15, -0.1) is 0 Å². The molecular formula is C13H22. The fourth-order valence-corrected chi connectivity index (χ4v) is 1.45. The second kappa shape index (κ2) is 5.80. The zero-order valence-corrected chi connectivity index (χ0v) is 8.30. The van der Waals surface area contributed by atoms with Crippen molar-refractivity contribution in [2.75, 3.05) is 0 Å². The molecule has 0 aliphatic carbocycles. The smallest absolute Gasteiger partial charge is 0.0256 e. The quantitative estimate of drug-likeness (QED) is 0.654. The summed E-state index contributed by atoms with van der Waals surface area (Å²) in [5, 5.41) is 0. The summed E-state index contributed by atoms with van der Waals surface area (Å²) >= 11 is 0. The first-order chi connectivity index (χ1) is 5.72. The summed E-state index contributed by atoms with van der Waals surface area (Å²) in [5.74, 6) is 0.761. The van der Waals surface area contributed by atoms with E-state index in [1.165, 1.54) is 17.5 Å². The second-order valence-corrected chi connectivity index (χ2v) is 3.77. The van der Waals surface area contributed by atoms with E-state index in [1.807, 2.05) is 0 Å². The van der Waals surface area contributed by atoms with E-state index in [-0.39, 0.29) is 7.43 Å². The third-order valence-electron chi connectivity index (χ3n) is 2.04. The fourth-order valence-electron chi connectivity index (χ4n) is 1.45. The van der Waals surface area contributed by atoms with E-state index in [0.29, 0.717) is 0 Å². The SMILES string of the molecule is C.CCc1cccc(CC(C)C)c1. The van der Waals surface area contributed by atoms with Gasteiger partial charge in [-0.05, 0) is 29.9 Å². The molecule has 0 heteroatoms. The van der Waals surface area contributed by atoms with Gasteiger partial charge in [0.05, 0.1) is 0 Å². The summed E-state index contributed by atoms with van der Waals surface area (Å²) in [6.07, 6.45) is 2.35. The molecule has 1 rings (SSSR count). The molecule has 0 atom stereocenters. The average molecular weight is 178 g/mol. The molecule has 0 saturated carbocycles. The third kappa shape index (κ3) is 4.12. The van der Waals surface area contributed by atoms with Crippen LogP contribution in [0.2, 0.25) is 0 Å². The van der Waals surface area contributed by atoms with Crippen molar-refractivity contribution in [1.29, 1.82) is 0 Å². The Hall–Kier alpha value is -0.780. The first kappa shape index (κ1) is 12.2. The van der Waals surface area contributed by atoms with Crippen molar-refractivity contribution in [3.63, 3.8) is 0 Å². The molecule has 0 fully saturated rings. The van der Waals surface area contributed by atoms with Gasteiger partial charge >= 0.3 is 0 Å². The molecule has 74 valence electrons. The highest BCUT2D eigenvalue weighted by Crippen LogP contribution is 2.10. The van der Waals surface area contributed by atoms with Gasteiger partial charge in [-0.1, -0.05) is 52.5 Å². The van der Waals surface area contributed by atoms with Crippen LogP contribution < -0.4 is 0 Å². The van der Waals surface area contributed by atoms with E-state index in [4.69, 9.17) is 0 Å². The van der Waals surface area contributed by atoms with Crippen LogP contribution in [0.3, 0.4) is 0 Å². The van der Waals surface area contributed by atoms with Crippen LogP contribution in [0, 0.1) is 5.92 Å². The third-order valence-corrected chi connectivity index (χ3v) is 2.04. The first-order valence-electron chi connectivity index (χ1n) is 4.80. The molecule has 0 unspecified atom stereocenters. The highest BCUT2D eigenvalue weighted by Gasteiger charge is 1.97. The lowest BCUT2D eigenvalue weighted by Crippen LogP contribution is -1.94. The standard InChI is InChI=1S/C12H18.CH4/c1-4-11-6-5-7-12(9-11)8-10(2)3;/h5-7,9-10H,4,8H2,1-3H3;1H4. The Morgan fingerprint density at radius 3 is 2.31 bits per heavy atom. The summed E-state index contributed by atoms with van der Waals surface area (Å²) in [6.45, 7) is 6.73. The number of rotatable bonds is 3. The molecule has 0 amide bonds. The van der Waals surface area contributed by atoms with Crippen LogP contribution in [0.4, 0.5) is 0 Å². The lowest BCUT2D eigenvalue weighted by molar-refractivity contribution is 0.647. The monoisotopic (exact) mass is 178 g/mol. The number of benzene rings is 1. The van der Waals surface area contributed by atoms with Gasteiger partial charge in [0.2, 0.25) is 0 Å². The van der Waals surface area contributed by atoms with Crippen molar-refractivity contribution in [1.82, 2.24) is 0 Å². The lowest BCUT2D eigenvalue weighted by Gasteiger charge is -2.05. The van der Waals surface area contributed by atoms with E-state index < -0.39 is 0 Å². The molecule has 0 spiro atoms. The van der Waals surface area contributed by atoms with Gasteiger partial charge in [-0.2, -0.15) is 0 Å². The molecular weight excluding hydrogens is 156 g/mol. The van der Waals surface area contributed by atoms with Gasteiger partial charge in [0.15, 0.2) is 0 Å². The van der Waals surface area contributed by atoms with Gasteiger partial charge in [0.1, 0.15) is 0 Å². The minimum Gasteiger partial charge on any atom is -0.0776 e. The Labute approximate surface area is 83.0 Å². The maximum Gasteiger partial charge on any atom is -0.0256 e. The molecule has 0 aliphatic rings. The van der Waals surface area contributed by atoms with Crippen molar-refractivity contribution in [2.45, 2.75) is 41.0 Å². The van der Waals surface area contributed by atoms with E-state index in [2.05, 4.69) is 45.0 Å². The van der Waals surface area contributed by atoms with Crippen LogP contribution in [0.25, 0.3) is 0 Å². The van der Waals surface area contributed by atoms with E-state index in [0.717, 1.165) is 12.3 Å². The summed E-state index contributed by atoms with van der Waals surface area (Å²) in [6, 6.07) is 8.90. The van der Waals surface area contributed by atoms with Crippen LogP contribution in [-0.2, 0) is 12.8 Å². The maximum absolute atomic E-state index is 2.32. The highest BCUT2D eigenvalue weighted by atomic mass is 14.0. The summed E-state index contributed by atoms with van der Waals surface area (Å²) < 4.78 is 0. The van der Waals surface area contributed by atoms with Crippen molar-refractivity contribution < 1.29 is 0 Å². The highest BCUT2D eigenvalue weighted by molar-refractivity contribution is 5.23. The Morgan fingerprint density at radius 1 is 1.15 bits per heavy atom. The molecule has 0 heterocycles. The van der Waals surface area contributed by atoms with Crippen LogP contribution in [0.15, 0.2) is 24.3 Å². The van der Waals surface area contributed by atoms with Crippen LogP contribution >= 0.6 is 0 Å². The molecule has 0 aromatic heterocycles. The zero-order valence-electron chi connectivity index (χ0n) is 8.30. The Morgan fingerprint density at radius 2 is 1.77 bits per heavy atom. The zero-order chi connectivity index (χ0) is 8.97. The first-order valence-corrected chi connectivity index (χ1v) is 4.80. The topological polar surface area (TPSA) is 0 Å². The maximum atomic E-state index is 2.32. The van der Waals surface area contributed by atoms with Gasteiger partial charge < -0.3 is 0 Å². The van der Waals surface area contributed by atoms with Crippen LogP contribution in [0.5, 0.6) is 0 Å². The summed E-state index contributed by atoms with van der Waals surface area (Å²) in [4.78, 5) is 0. The molecule has 0 radical (unpaired) electrons. The van der Waals surface area contributed by atoms with E-state index in [1.54, 1.807) is 0 Å². The van der Waals surface area contributed by atoms with E-state index >= 15 is 0 Å². The van der Waals surface area contributed by atoms with Gasteiger partial charge in [-0.25, -0.2) is 0 Å². The Balaban J connectivity index is 0.00000144. The minimum atomic E-state index is 0. The number of hydrogen-bond donors (Lipinski definition) is 0. The molecule has 0 nitrogen and oxygen atoms in total. The number of hydrogen-bond acceptors (Lipinski definition) is 0. The molecule has 1 aromatic carbocycles. The van der Waals surface area contributed by atoms with Gasteiger partial charge in [0.25, 0.3) is 0 Å². The average Bonchev–Trinajstić information content (AvgIpc) is 2.03. The van der Waals surface area contributed by atoms with Crippen LogP contribution in [0.1, 0.15) is 39.3 Å². The minimum absolute atomic E-state index is 0. The molecule has 13 heavy (non-hydrogen) atoms. The van der Waals surface area contributed by atoms with Crippen molar-refractivity contribution in [2.24, 2.45) is 5.92 Å².